The van der Waals surface area contributed by atoms with Gasteiger partial charge in [-0.2, -0.15) is 5.10 Å². The smallest absolute Gasteiger partial charge is 0.265 e. The molecule has 0 aliphatic heterocycles. The molecule has 0 saturated heterocycles. The highest BCUT2D eigenvalue weighted by molar-refractivity contribution is 6.42. The molecule has 0 bridgehead atoms. The Kier molecular flexibility index (Phi) is 4.34. The fourth-order valence-electron chi connectivity index (χ4n) is 2.10. The zero-order valence-corrected chi connectivity index (χ0v) is 12.7. The maximum atomic E-state index is 11.9. The maximum absolute atomic E-state index is 11.9. The first-order valence-corrected chi connectivity index (χ1v) is 7.24. The van der Waals surface area contributed by atoms with Gasteiger partial charge in [-0.15, -0.1) is 0 Å². The zero-order chi connectivity index (χ0) is 16.2. The van der Waals surface area contributed by atoms with Crippen LogP contribution in [0, 0.1) is 0 Å². The molecule has 116 valence electrons. The Balaban J connectivity index is 1.64. The Bertz CT molecular complexity index is 823. The number of ketones is 2. The number of furan rings is 1. The minimum absolute atomic E-state index is 0.0667. The van der Waals surface area contributed by atoms with Crippen LogP contribution in [0.4, 0.5) is 0 Å². The van der Waals surface area contributed by atoms with Gasteiger partial charge in [-0.3, -0.25) is 14.7 Å². The number of hydrogen-bond acceptors (Lipinski definition) is 5. The van der Waals surface area contributed by atoms with Gasteiger partial charge in [0.25, 0.3) is 5.78 Å². The third-order valence-corrected chi connectivity index (χ3v) is 3.48. The number of aromatic amines is 1. The summed E-state index contributed by atoms with van der Waals surface area (Å²) in [5.41, 5.74) is 1.04. The monoisotopic (exact) mass is 329 g/mol. The quantitative estimate of drug-likeness (QED) is 0.554. The minimum Gasteiger partial charge on any atom is -0.465 e. The van der Waals surface area contributed by atoms with Crippen molar-refractivity contribution in [3.63, 3.8) is 0 Å². The second-order valence-electron chi connectivity index (χ2n) is 4.93. The summed E-state index contributed by atoms with van der Waals surface area (Å²) < 4.78 is 5.60. The average molecular weight is 330 g/mol. The first kappa shape index (κ1) is 15.2. The zero-order valence-electron chi connectivity index (χ0n) is 12.0. The van der Waals surface area contributed by atoms with Crippen molar-refractivity contribution in [1.82, 2.24) is 15.2 Å². The second-order valence-corrected chi connectivity index (χ2v) is 5.37. The van der Waals surface area contributed by atoms with Crippen molar-refractivity contribution in [3.05, 3.63) is 70.7 Å². The lowest BCUT2D eigenvalue weighted by atomic mass is 10.1. The van der Waals surface area contributed by atoms with Crippen LogP contribution in [0.25, 0.3) is 0 Å². The van der Waals surface area contributed by atoms with Crippen molar-refractivity contribution in [2.45, 2.75) is 12.8 Å². The van der Waals surface area contributed by atoms with E-state index in [4.69, 9.17) is 16.0 Å². The van der Waals surface area contributed by atoms with Crippen molar-refractivity contribution >= 4 is 23.2 Å². The second kappa shape index (κ2) is 6.58. The molecule has 0 unspecified atom stereocenters. The van der Waals surface area contributed by atoms with Crippen LogP contribution in [0.2, 0.25) is 5.02 Å². The summed E-state index contributed by atoms with van der Waals surface area (Å²) in [4.78, 5) is 27.4. The number of benzene rings is 1. The Morgan fingerprint density at radius 3 is 2.52 bits per heavy atom. The molecule has 3 aromatic rings. The number of carbonyl (C=O) groups excluding carboxylic acids is 2. The molecule has 3 rings (SSSR count). The highest BCUT2D eigenvalue weighted by atomic mass is 35.5. The molecule has 2 heterocycles. The number of hydrogen-bond donors (Lipinski definition) is 1. The number of nitrogens with zero attached hydrogens (tertiary/aromatic N) is 2. The fraction of sp³-hybridized carbons (Fsp3) is 0.125. The molecule has 1 N–H and O–H groups in total. The van der Waals surface area contributed by atoms with E-state index >= 15 is 0 Å². The number of carbonyl (C=O) groups is 2. The summed E-state index contributed by atoms with van der Waals surface area (Å²) in [7, 11) is 0. The normalized spacial score (nSPS) is 10.7. The Hall–Kier alpha value is -2.73. The van der Waals surface area contributed by atoms with Crippen LogP contribution in [0.15, 0.2) is 47.1 Å². The van der Waals surface area contributed by atoms with Crippen molar-refractivity contribution < 1.29 is 14.0 Å². The molecular formula is C16H12ClN3O3. The predicted molar refractivity (Wildman–Crippen MR) is 82.4 cm³/mol. The number of nitrogens with one attached hydrogen (secondary N) is 1. The van der Waals surface area contributed by atoms with Crippen molar-refractivity contribution in [2.24, 2.45) is 0 Å². The summed E-state index contributed by atoms with van der Waals surface area (Å²) in [5, 5.41) is 6.59. The molecule has 0 aliphatic rings. The minimum atomic E-state index is -0.710. The molecule has 0 atom stereocenters. The lowest BCUT2D eigenvalue weighted by Crippen LogP contribution is -2.17. The van der Waals surface area contributed by atoms with Gasteiger partial charge in [0.15, 0.2) is 5.82 Å². The third-order valence-electron chi connectivity index (χ3n) is 3.23. The summed E-state index contributed by atoms with van der Waals surface area (Å²) in [6.07, 6.45) is 1.65. The average Bonchev–Trinajstić information content (AvgIpc) is 3.21. The number of H-pyrrole nitrogens is 1. The third kappa shape index (κ3) is 3.73. The Morgan fingerprint density at radius 2 is 1.83 bits per heavy atom. The van der Waals surface area contributed by atoms with E-state index in [2.05, 4.69) is 15.2 Å². The lowest BCUT2D eigenvalue weighted by molar-refractivity contribution is -0.114. The van der Waals surface area contributed by atoms with Crippen LogP contribution < -0.4 is 0 Å². The van der Waals surface area contributed by atoms with Gasteiger partial charge >= 0.3 is 0 Å². The SMILES string of the molecule is O=C(Cc1ccc(Cc2ccc(Cl)cc2)o1)C(=O)c1ncn[nH]1. The molecule has 2 aromatic heterocycles. The molecule has 6 nitrogen and oxygen atoms in total. The van der Waals surface area contributed by atoms with Gasteiger partial charge in [0.2, 0.25) is 5.78 Å². The molecule has 1 aromatic carbocycles. The van der Waals surface area contributed by atoms with Crippen LogP contribution in [0.1, 0.15) is 27.7 Å². The van der Waals surface area contributed by atoms with Gasteiger partial charge in [-0.1, -0.05) is 23.7 Å². The summed E-state index contributed by atoms with van der Waals surface area (Å²) in [6, 6.07) is 10.9. The number of halogens is 1. The molecule has 0 fully saturated rings. The summed E-state index contributed by atoms with van der Waals surface area (Å²) >= 11 is 5.84. The van der Waals surface area contributed by atoms with Gasteiger partial charge in [-0.25, -0.2) is 4.98 Å². The molecule has 23 heavy (non-hydrogen) atoms. The van der Waals surface area contributed by atoms with Gasteiger partial charge in [0, 0.05) is 11.4 Å². The molecule has 0 amide bonds. The first-order chi connectivity index (χ1) is 11.1. The molecule has 0 radical (unpaired) electrons. The van der Waals surface area contributed by atoms with E-state index in [0.29, 0.717) is 23.0 Å². The van der Waals surface area contributed by atoms with Crippen LogP contribution in [-0.4, -0.2) is 26.7 Å². The molecule has 0 spiro atoms. The van der Waals surface area contributed by atoms with E-state index in [1.54, 1.807) is 24.3 Å². The number of rotatable bonds is 6. The highest BCUT2D eigenvalue weighted by Crippen LogP contribution is 2.16. The molecule has 7 heteroatoms. The Labute approximate surface area is 136 Å². The van der Waals surface area contributed by atoms with E-state index < -0.39 is 11.6 Å². The van der Waals surface area contributed by atoms with E-state index in [9.17, 15) is 9.59 Å². The van der Waals surface area contributed by atoms with E-state index in [-0.39, 0.29) is 12.2 Å². The fourth-order valence-corrected chi connectivity index (χ4v) is 2.23. The van der Waals surface area contributed by atoms with Crippen LogP contribution >= 0.6 is 11.6 Å². The number of aromatic nitrogens is 3. The molecule has 0 saturated carbocycles. The molecule has 0 aliphatic carbocycles. The predicted octanol–water partition coefficient (Wildman–Crippen LogP) is 2.64. The van der Waals surface area contributed by atoms with Crippen LogP contribution in [0.3, 0.4) is 0 Å². The van der Waals surface area contributed by atoms with Crippen molar-refractivity contribution in [3.8, 4) is 0 Å². The van der Waals surface area contributed by atoms with Gasteiger partial charge < -0.3 is 4.42 Å². The van der Waals surface area contributed by atoms with Crippen molar-refractivity contribution in [2.75, 3.05) is 0 Å². The lowest BCUT2D eigenvalue weighted by Gasteiger charge is -1.99. The van der Waals surface area contributed by atoms with Gasteiger partial charge in [-0.05, 0) is 29.8 Å². The van der Waals surface area contributed by atoms with Gasteiger partial charge in [0.1, 0.15) is 17.8 Å². The first-order valence-electron chi connectivity index (χ1n) is 6.87. The highest BCUT2D eigenvalue weighted by Gasteiger charge is 2.20. The van der Waals surface area contributed by atoms with E-state index in [1.807, 2.05) is 12.1 Å². The Morgan fingerprint density at radius 1 is 1.09 bits per heavy atom. The summed E-state index contributed by atoms with van der Waals surface area (Å²) in [5.74, 6) is -0.232. The van der Waals surface area contributed by atoms with Gasteiger partial charge in [0.05, 0.1) is 6.42 Å². The largest absolute Gasteiger partial charge is 0.465 e. The summed E-state index contributed by atoms with van der Waals surface area (Å²) in [6.45, 7) is 0. The number of Topliss-reactive ketones (excluding diaryl/α,β-unsaturated/α-hetero) is 2. The standard InChI is InChI=1S/C16H12ClN3O3/c17-11-3-1-10(2-4-11)7-12-5-6-13(23-12)8-14(21)15(22)16-18-9-19-20-16/h1-6,9H,7-8H2,(H,18,19,20). The maximum Gasteiger partial charge on any atom is 0.265 e. The van der Waals surface area contributed by atoms with Crippen LogP contribution in [0.5, 0.6) is 0 Å². The van der Waals surface area contributed by atoms with E-state index in [0.717, 1.165) is 5.56 Å². The van der Waals surface area contributed by atoms with E-state index in [1.165, 1.54) is 6.33 Å². The topological polar surface area (TPSA) is 88.8 Å². The molecular weight excluding hydrogens is 318 g/mol. The van der Waals surface area contributed by atoms with Crippen LogP contribution in [-0.2, 0) is 17.6 Å². The van der Waals surface area contributed by atoms with Crippen molar-refractivity contribution in [1.29, 1.82) is 0 Å².